The predicted octanol–water partition coefficient (Wildman–Crippen LogP) is -0.814. The third kappa shape index (κ3) is 2.91. The van der Waals surface area contributed by atoms with E-state index in [-0.39, 0.29) is 25.4 Å². The van der Waals surface area contributed by atoms with Gasteiger partial charge in [-0.15, -0.1) is 0 Å². The summed E-state index contributed by atoms with van der Waals surface area (Å²) in [5.41, 5.74) is 0. The zero-order valence-electron chi connectivity index (χ0n) is 7.89. The van der Waals surface area contributed by atoms with Crippen LogP contribution in [0.25, 0.3) is 0 Å². The fourth-order valence-electron chi connectivity index (χ4n) is 2.05. The van der Waals surface area contributed by atoms with Crippen molar-refractivity contribution in [2.75, 3.05) is 26.3 Å². The van der Waals surface area contributed by atoms with Crippen LogP contribution in [0, 0.1) is 0 Å². The summed E-state index contributed by atoms with van der Waals surface area (Å²) in [7, 11) is 0. The first-order valence-corrected chi connectivity index (χ1v) is 4.93. The quantitative estimate of drug-likeness (QED) is 0.529. The van der Waals surface area contributed by atoms with Crippen molar-refractivity contribution < 1.29 is 15.3 Å². The second-order valence-corrected chi connectivity index (χ2v) is 3.55. The van der Waals surface area contributed by atoms with E-state index in [0.717, 1.165) is 19.3 Å². The normalized spacial score (nSPS) is 28.6. The molecular formula is C9H19NO3. The SMILES string of the molecule is OCCN(CCO)[C@@H]1CCC[C@H]1O. The summed E-state index contributed by atoms with van der Waals surface area (Å²) in [6.45, 7) is 1.26. The third-order valence-electron chi connectivity index (χ3n) is 2.69. The minimum atomic E-state index is -0.280. The number of rotatable bonds is 5. The maximum absolute atomic E-state index is 9.61. The number of aliphatic hydroxyl groups is 3. The summed E-state index contributed by atoms with van der Waals surface area (Å²) >= 11 is 0. The first kappa shape index (κ1) is 10.9. The molecule has 1 fully saturated rings. The molecule has 1 rings (SSSR count). The lowest BCUT2D eigenvalue weighted by Crippen LogP contribution is -2.43. The zero-order chi connectivity index (χ0) is 9.68. The Bertz CT molecular complexity index is 137. The first-order chi connectivity index (χ1) is 6.29. The predicted molar refractivity (Wildman–Crippen MR) is 49.4 cm³/mol. The van der Waals surface area contributed by atoms with E-state index in [0.29, 0.717) is 13.1 Å². The minimum absolute atomic E-state index is 0.0865. The molecule has 78 valence electrons. The van der Waals surface area contributed by atoms with Gasteiger partial charge in [0.1, 0.15) is 0 Å². The number of nitrogens with zero attached hydrogens (tertiary/aromatic N) is 1. The Hall–Kier alpha value is -0.160. The van der Waals surface area contributed by atoms with Crippen molar-refractivity contribution in [3.63, 3.8) is 0 Å². The Kier molecular flexibility index (Phi) is 4.66. The Morgan fingerprint density at radius 1 is 1.08 bits per heavy atom. The molecule has 1 aliphatic carbocycles. The van der Waals surface area contributed by atoms with Crippen molar-refractivity contribution in [1.29, 1.82) is 0 Å². The molecule has 13 heavy (non-hydrogen) atoms. The fraction of sp³-hybridized carbons (Fsp3) is 1.00. The maximum Gasteiger partial charge on any atom is 0.0695 e. The average molecular weight is 189 g/mol. The number of aliphatic hydroxyl groups excluding tert-OH is 3. The van der Waals surface area contributed by atoms with Crippen LogP contribution in [0.5, 0.6) is 0 Å². The van der Waals surface area contributed by atoms with Crippen molar-refractivity contribution >= 4 is 0 Å². The topological polar surface area (TPSA) is 63.9 Å². The first-order valence-electron chi connectivity index (χ1n) is 4.93. The van der Waals surface area contributed by atoms with Crippen molar-refractivity contribution in [3.8, 4) is 0 Å². The van der Waals surface area contributed by atoms with Gasteiger partial charge >= 0.3 is 0 Å². The number of hydrogen-bond acceptors (Lipinski definition) is 4. The second kappa shape index (κ2) is 5.54. The van der Waals surface area contributed by atoms with Crippen LogP contribution in [0.2, 0.25) is 0 Å². The van der Waals surface area contributed by atoms with Gasteiger partial charge in [-0.25, -0.2) is 0 Å². The van der Waals surface area contributed by atoms with Gasteiger partial charge in [0.15, 0.2) is 0 Å². The van der Waals surface area contributed by atoms with Crippen molar-refractivity contribution in [2.45, 2.75) is 31.4 Å². The highest BCUT2D eigenvalue weighted by atomic mass is 16.3. The van der Waals surface area contributed by atoms with E-state index in [9.17, 15) is 5.11 Å². The molecule has 0 aliphatic heterocycles. The lowest BCUT2D eigenvalue weighted by atomic mass is 10.2. The van der Waals surface area contributed by atoms with E-state index in [1.807, 2.05) is 4.90 Å². The molecule has 1 saturated carbocycles. The molecule has 2 atom stereocenters. The monoisotopic (exact) mass is 189 g/mol. The van der Waals surface area contributed by atoms with E-state index in [1.165, 1.54) is 0 Å². The molecular weight excluding hydrogens is 170 g/mol. The molecule has 1 aliphatic rings. The van der Waals surface area contributed by atoms with E-state index < -0.39 is 0 Å². The molecule has 0 radical (unpaired) electrons. The van der Waals surface area contributed by atoms with Crippen LogP contribution in [-0.2, 0) is 0 Å². The molecule has 4 heteroatoms. The van der Waals surface area contributed by atoms with Crippen LogP contribution in [0.15, 0.2) is 0 Å². The van der Waals surface area contributed by atoms with Gasteiger partial charge in [-0.1, -0.05) is 0 Å². The molecule has 0 spiro atoms. The summed E-state index contributed by atoms with van der Waals surface area (Å²) < 4.78 is 0. The Labute approximate surface area is 78.8 Å². The van der Waals surface area contributed by atoms with Gasteiger partial charge in [0, 0.05) is 19.1 Å². The van der Waals surface area contributed by atoms with E-state index in [4.69, 9.17) is 10.2 Å². The Morgan fingerprint density at radius 3 is 2.08 bits per heavy atom. The van der Waals surface area contributed by atoms with Gasteiger partial charge in [-0.2, -0.15) is 0 Å². The molecule has 0 saturated heterocycles. The van der Waals surface area contributed by atoms with Crippen molar-refractivity contribution in [3.05, 3.63) is 0 Å². The largest absolute Gasteiger partial charge is 0.395 e. The second-order valence-electron chi connectivity index (χ2n) is 3.55. The molecule has 0 aromatic rings. The Morgan fingerprint density at radius 2 is 1.69 bits per heavy atom. The highest BCUT2D eigenvalue weighted by Crippen LogP contribution is 2.23. The van der Waals surface area contributed by atoms with E-state index in [1.54, 1.807) is 0 Å². The van der Waals surface area contributed by atoms with Crippen LogP contribution in [0.4, 0.5) is 0 Å². The molecule has 3 N–H and O–H groups in total. The smallest absolute Gasteiger partial charge is 0.0695 e. The van der Waals surface area contributed by atoms with Gasteiger partial charge in [-0.3, -0.25) is 4.90 Å². The zero-order valence-corrected chi connectivity index (χ0v) is 7.89. The third-order valence-corrected chi connectivity index (χ3v) is 2.69. The lowest BCUT2D eigenvalue weighted by Gasteiger charge is -2.29. The fourth-order valence-corrected chi connectivity index (χ4v) is 2.05. The molecule has 0 bridgehead atoms. The molecule has 0 unspecified atom stereocenters. The molecule has 0 aromatic carbocycles. The van der Waals surface area contributed by atoms with Crippen LogP contribution < -0.4 is 0 Å². The van der Waals surface area contributed by atoms with E-state index >= 15 is 0 Å². The molecule has 0 aromatic heterocycles. The summed E-state index contributed by atoms with van der Waals surface area (Å²) in [5, 5.41) is 27.2. The van der Waals surface area contributed by atoms with Crippen LogP contribution in [0.1, 0.15) is 19.3 Å². The van der Waals surface area contributed by atoms with Gasteiger partial charge in [-0.05, 0) is 19.3 Å². The summed E-state index contributed by atoms with van der Waals surface area (Å²) in [6.07, 6.45) is 2.58. The molecule has 4 nitrogen and oxygen atoms in total. The van der Waals surface area contributed by atoms with Crippen LogP contribution >= 0.6 is 0 Å². The summed E-state index contributed by atoms with van der Waals surface area (Å²) in [5.74, 6) is 0. The summed E-state index contributed by atoms with van der Waals surface area (Å²) in [6, 6.07) is 0.138. The molecule has 0 amide bonds. The highest BCUT2D eigenvalue weighted by molar-refractivity contribution is 4.84. The van der Waals surface area contributed by atoms with Gasteiger partial charge in [0.25, 0.3) is 0 Å². The van der Waals surface area contributed by atoms with E-state index in [2.05, 4.69) is 0 Å². The Balaban J connectivity index is 2.42. The van der Waals surface area contributed by atoms with Crippen molar-refractivity contribution in [2.24, 2.45) is 0 Å². The molecule has 0 heterocycles. The lowest BCUT2D eigenvalue weighted by molar-refractivity contribution is 0.0488. The van der Waals surface area contributed by atoms with Crippen LogP contribution in [-0.4, -0.2) is 58.7 Å². The summed E-state index contributed by atoms with van der Waals surface area (Å²) in [4.78, 5) is 1.97. The van der Waals surface area contributed by atoms with Gasteiger partial charge < -0.3 is 15.3 Å². The minimum Gasteiger partial charge on any atom is -0.395 e. The number of hydrogen-bond donors (Lipinski definition) is 3. The average Bonchev–Trinajstić information content (AvgIpc) is 2.51. The highest BCUT2D eigenvalue weighted by Gasteiger charge is 2.29. The van der Waals surface area contributed by atoms with Gasteiger partial charge in [0.2, 0.25) is 0 Å². The standard InChI is InChI=1S/C9H19NO3/c11-6-4-10(5-7-12)8-2-1-3-9(8)13/h8-9,11-13H,1-7H2/t8-,9-/m1/s1. The van der Waals surface area contributed by atoms with Gasteiger partial charge in [0.05, 0.1) is 19.3 Å². The van der Waals surface area contributed by atoms with Crippen molar-refractivity contribution in [1.82, 2.24) is 4.90 Å². The maximum atomic E-state index is 9.61. The van der Waals surface area contributed by atoms with Crippen LogP contribution in [0.3, 0.4) is 0 Å².